The molecule has 2 amide bonds. The van der Waals surface area contributed by atoms with Gasteiger partial charge >= 0.3 is 0 Å². The molecule has 0 unspecified atom stereocenters. The van der Waals surface area contributed by atoms with Crippen molar-refractivity contribution in [1.82, 2.24) is 5.32 Å². The van der Waals surface area contributed by atoms with Gasteiger partial charge in [-0.15, -0.1) is 11.8 Å². The van der Waals surface area contributed by atoms with E-state index in [1.807, 2.05) is 41.4 Å². The number of nitrogens with one attached hydrogen (secondary N) is 2. The van der Waals surface area contributed by atoms with Crippen molar-refractivity contribution in [2.24, 2.45) is 0 Å². The second kappa shape index (κ2) is 8.35. The van der Waals surface area contributed by atoms with Crippen LogP contribution in [0.3, 0.4) is 0 Å². The van der Waals surface area contributed by atoms with Crippen molar-refractivity contribution >= 4 is 40.6 Å². The van der Waals surface area contributed by atoms with Gasteiger partial charge in [0.1, 0.15) is 0 Å². The molecular formula is C18H20N2O2S2. The number of amides is 2. The van der Waals surface area contributed by atoms with Gasteiger partial charge in [-0.3, -0.25) is 9.59 Å². The van der Waals surface area contributed by atoms with E-state index < -0.39 is 0 Å². The Labute approximate surface area is 150 Å². The number of carbonyl (C=O) groups is 2. The van der Waals surface area contributed by atoms with E-state index in [-0.39, 0.29) is 18.4 Å². The summed E-state index contributed by atoms with van der Waals surface area (Å²) in [7, 11) is 0. The lowest BCUT2D eigenvalue weighted by atomic mass is 10.3. The number of thiophene rings is 1. The van der Waals surface area contributed by atoms with Crippen LogP contribution in [0.15, 0.2) is 46.0 Å². The maximum atomic E-state index is 11.9. The Balaban J connectivity index is 1.44. The van der Waals surface area contributed by atoms with Crippen LogP contribution < -0.4 is 10.6 Å². The largest absolute Gasteiger partial charge is 0.343 e. The fraction of sp³-hybridized carbons (Fsp3) is 0.333. The van der Waals surface area contributed by atoms with Crippen molar-refractivity contribution < 1.29 is 9.59 Å². The van der Waals surface area contributed by atoms with Gasteiger partial charge < -0.3 is 10.6 Å². The number of anilines is 1. The molecule has 1 aromatic carbocycles. The lowest BCUT2D eigenvalue weighted by Crippen LogP contribution is -2.32. The average Bonchev–Trinajstić information content (AvgIpc) is 3.28. The standard InChI is InChI=1S/C18H20N2O2S2/c21-17(11-19-18(22)13-9-10-23-12-13)20-14-5-7-16(8-6-14)24-15-3-1-2-4-15/h5-10,12,15H,1-4,11H2,(H,19,22)(H,20,21). The molecule has 1 aliphatic carbocycles. The summed E-state index contributed by atoms with van der Waals surface area (Å²) < 4.78 is 0. The van der Waals surface area contributed by atoms with Crippen LogP contribution in [0.2, 0.25) is 0 Å². The fourth-order valence-electron chi connectivity index (χ4n) is 2.68. The Morgan fingerprint density at radius 1 is 1.12 bits per heavy atom. The molecule has 24 heavy (non-hydrogen) atoms. The molecule has 1 aromatic heterocycles. The molecular weight excluding hydrogens is 340 g/mol. The Morgan fingerprint density at radius 3 is 2.54 bits per heavy atom. The van der Waals surface area contributed by atoms with Crippen LogP contribution in [0.5, 0.6) is 0 Å². The van der Waals surface area contributed by atoms with E-state index in [9.17, 15) is 9.59 Å². The van der Waals surface area contributed by atoms with Crippen molar-refractivity contribution in [2.75, 3.05) is 11.9 Å². The minimum Gasteiger partial charge on any atom is -0.343 e. The summed E-state index contributed by atoms with van der Waals surface area (Å²) in [5.41, 5.74) is 1.33. The second-order valence-corrected chi connectivity index (χ2v) is 7.95. The van der Waals surface area contributed by atoms with Crippen molar-refractivity contribution in [2.45, 2.75) is 35.8 Å². The van der Waals surface area contributed by atoms with Crippen LogP contribution in [-0.2, 0) is 4.79 Å². The summed E-state index contributed by atoms with van der Waals surface area (Å²) in [5, 5.41) is 9.74. The molecule has 2 aromatic rings. The number of rotatable bonds is 6. The smallest absolute Gasteiger partial charge is 0.252 e. The quantitative estimate of drug-likeness (QED) is 0.813. The number of carbonyl (C=O) groups excluding carboxylic acids is 2. The van der Waals surface area contributed by atoms with E-state index in [4.69, 9.17) is 0 Å². The molecule has 0 spiro atoms. The van der Waals surface area contributed by atoms with Gasteiger partial charge in [0.2, 0.25) is 5.91 Å². The number of thioether (sulfide) groups is 1. The van der Waals surface area contributed by atoms with Gasteiger partial charge in [0, 0.05) is 26.8 Å². The fourth-order valence-corrected chi connectivity index (χ4v) is 4.56. The Bertz CT molecular complexity index is 678. The molecule has 126 valence electrons. The van der Waals surface area contributed by atoms with Crippen LogP contribution in [0.25, 0.3) is 0 Å². The van der Waals surface area contributed by atoms with Gasteiger partial charge in [0.25, 0.3) is 5.91 Å². The first-order valence-electron chi connectivity index (χ1n) is 8.08. The van der Waals surface area contributed by atoms with Crippen molar-refractivity contribution in [3.05, 3.63) is 46.7 Å². The van der Waals surface area contributed by atoms with E-state index in [0.29, 0.717) is 5.56 Å². The number of hydrogen-bond donors (Lipinski definition) is 2. The summed E-state index contributed by atoms with van der Waals surface area (Å²) in [6, 6.07) is 9.65. The zero-order valence-corrected chi connectivity index (χ0v) is 14.9. The highest BCUT2D eigenvalue weighted by Crippen LogP contribution is 2.34. The van der Waals surface area contributed by atoms with Crippen LogP contribution in [0.1, 0.15) is 36.0 Å². The Hall–Kier alpha value is -1.79. The third kappa shape index (κ3) is 4.85. The van der Waals surface area contributed by atoms with E-state index in [1.165, 1.54) is 41.9 Å². The highest BCUT2D eigenvalue weighted by atomic mass is 32.2. The first-order valence-corrected chi connectivity index (χ1v) is 9.90. The number of hydrogen-bond acceptors (Lipinski definition) is 4. The summed E-state index contributed by atoms with van der Waals surface area (Å²) in [5.74, 6) is -0.454. The van der Waals surface area contributed by atoms with Crippen molar-refractivity contribution in [1.29, 1.82) is 0 Å². The minimum absolute atomic E-state index is 0.0345. The summed E-state index contributed by atoms with van der Waals surface area (Å²) in [6.07, 6.45) is 5.27. The second-order valence-electron chi connectivity index (χ2n) is 5.79. The van der Waals surface area contributed by atoms with E-state index in [2.05, 4.69) is 10.6 Å². The van der Waals surface area contributed by atoms with Gasteiger partial charge in [0.15, 0.2) is 0 Å². The van der Waals surface area contributed by atoms with Crippen molar-refractivity contribution in [3.63, 3.8) is 0 Å². The van der Waals surface area contributed by atoms with Crippen LogP contribution in [0.4, 0.5) is 5.69 Å². The monoisotopic (exact) mass is 360 g/mol. The van der Waals surface area contributed by atoms with Gasteiger partial charge in [-0.1, -0.05) is 12.8 Å². The highest BCUT2D eigenvalue weighted by molar-refractivity contribution is 8.00. The molecule has 2 N–H and O–H groups in total. The molecule has 1 heterocycles. The normalized spacial score (nSPS) is 14.5. The van der Waals surface area contributed by atoms with E-state index >= 15 is 0 Å². The molecule has 0 bridgehead atoms. The molecule has 1 fully saturated rings. The van der Waals surface area contributed by atoms with E-state index in [1.54, 1.807) is 11.4 Å². The molecule has 0 atom stereocenters. The third-order valence-corrected chi connectivity index (χ3v) is 5.97. The Kier molecular flexibility index (Phi) is 5.93. The topological polar surface area (TPSA) is 58.2 Å². The molecule has 4 nitrogen and oxygen atoms in total. The summed E-state index contributed by atoms with van der Waals surface area (Å²) in [4.78, 5) is 24.9. The molecule has 1 aliphatic rings. The first-order chi connectivity index (χ1) is 11.7. The van der Waals surface area contributed by atoms with Crippen LogP contribution in [-0.4, -0.2) is 23.6 Å². The lowest BCUT2D eigenvalue weighted by Gasteiger charge is -2.10. The maximum absolute atomic E-state index is 11.9. The Morgan fingerprint density at radius 2 is 1.88 bits per heavy atom. The van der Waals surface area contributed by atoms with E-state index in [0.717, 1.165) is 10.9 Å². The lowest BCUT2D eigenvalue weighted by molar-refractivity contribution is -0.115. The molecule has 0 saturated heterocycles. The minimum atomic E-state index is -0.227. The zero-order chi connectivity index (χ0) is 16.8. The third-order valence-electron chi connectivity index (χ3n) is 3.94. The van der Waals surface area contributed by atoms with Crippen LogP contribution >= 0.6 is 23.1 Å². The summed E-state index contributed by atoms with van der Waals surface area (Å²) in [6.45, 7) is -0.0345. The number of benzene rings is 1. The van der Waals surface area contributed by atoms with Crippen molar-refractivity contribution in [3.8, 4) is 0 Å². The first kappa shape index (κ1) is 17.0. The maximum Gasteiger partial charge on any atom is 0.252 e. The van der Waals surface area contributed by atoms with Gasteiger partial charge in [-0.05, 0) is 48.6 Å². The predicted octanol–water partition coefficient (Wildman–Crippen LogP) is 4.15. The SMILES string of the molecule is O=C(CNC(=O)c1ccsc1)Nc1ccc(SC2CCCC2)cc1. The average molecular weight is 361 g/mol. The molecule has 1 saturated carbocycles. The molecule has 0 radical (unpaired) electrons. The highest BCUT2D eigenvalue weighted by Gasteiger charge is 2.16. The molecule has 3 rings (SSSR count). The predicted molar refractivity (Wildman–Crippen MR) is 99.8 cm³/mol. The molecule has 0 aliphatic heterocycles. The summed E-state index contributed by atoms with van der Waals surface area (Å²) >= 11 is 3.38. The van der Waals surface area contributed by atoms with Crippen LogP contribution in [0, 0.1) is 0 Å². The van der Waals surface area contributed by atoms with Gasteiger partial charge in [0.05, 0.1) is 6.54 Å². The van der Waals surface area contributed by atoms with Gasteiger partial charge in [-0.2, -0.15) is 11.3 Å². The zero-order valence-electron chi connectivity index (χ0n) is 13.3. The molecule has 6 heteroatoms. The van der Waals surface area contributed by atoms with Gasteiger partial charge in [-0.25, -0.2) is 0 Å².